The first-order chi connectivity index (χ1) is 8.92. The van der Waals surface area contributed by atoms with Gasteiger partial charge in [0, 0.05) is 22.2 Å². The normalized spacial score (nSPS) is 18.1. The van der Waals surface area contributed by atoms with Crippen LogP contribution in [0.15, 0.2) is 24.3 Å². The highest BCUT2D eigenvalue weighted by Gasteiger charge is 2.38. The molecule has 0 aliphatic carbocycles. The van der Waals surface area contributed by atoms with Gasteiger partial charge in [-0.15, -0.1) is 0 Å². The van der Waals surface area contributed by atoms with Crippen LogP contribution < -0.4 is 0 Å². The van der Waals surface area contributed by atoms with Gasteiger partial charge in [0.2, 0.25) is 0 Å². The lowest BCUT2D eigenvalue weighted by Crippen LogP contribution is -2.45. The molecule has 4 nitrogen and oxygen atoms in total. The summed E-state index contributed by atoms with van der Waals surface area (Å²) in [5.74, 6) is -0.778. The average Bonchev–Trinajstić information content (AvgIpc) is 2.38. The number of benzene rings is 1. The zero-order chi connectivity index (χ0) is 14.0. The highest BCUT2D eigenvalue weighted by Crippen LogP contribution is 2.31. The minimum atomic E-state index is -0.770. The van der Waals surface area contributed by atoms with Crippen LogP contribution >= 0.6 is 22.6 Å². The molecule has 0 saturated carbocycles. The van der Waals surface area contributed by atoms with E-state index in [9.17, 15) is 14.7 Å². The van der Waals surface area contributed by atoms with Crippen molar-refractivity contribution in [1.29, 1.82) is 0 Å². The molecule has 1 amide bonds. The van der Waals surface area contributed by atoms with Crippen molar-refractivity contribution >= 4 is 34.5 Å². The summed E-state index contributed by atoms with van der Waals surface area (Å²) in [6, 6.07) is 7.46. The molecule has 0 bridgehead atoms. The van der Waals surface area contributed by atoms with Gasteiger partial charge in [-0.05, 0) is 60.6 Å². The Kier molecular flexibility index (Phi) is 4.13. The Hall–Kier alpha value is -1.11. The van der Waals surface area contributed by atoms with Crippen LogP contribution in [-0.4, -0.2) is 35.0 Å². The molecule has 1 saturated heterocycles. The fourth-order valence-corrected chi connectivity index (χ4v) is 2.76. The molecule has 0 radical (unpaired) electrons. The molecule has 0 atom stereocenters. The lowest BCUT2D eigenvalue weighted by molar-refractivity contribution is -0.150. The molecule has 0 unspecified atom stereocenters. The summed E-state index contributed by atoms with van der Waals surface area (Å²) in [6.45, 7) is 2.77. The van der Waals surface area contributed by atoms with Gasteiger partial charge in [-0.25, -0.2) is 0 Å². The number of carboxylic acid groups (broad SMARTS) is 1. The number of carbonyl (C=O) groups excluding carboxylic acids is 1. The molecule has 102 valence electrons. The van der Waals surface area contributed by atoms with Crippen molar-refractivity contribution < 1.29 is 14.7 Å². The van der Waals surface area contributed by atoms with Gasteiger partial charge >= 0.3 is 5.97 Å². The van der Waals surface area contributed by atoms with Crippen LogP contribution in [-0.2, 0) is 4.79 Å². The molecule has 19 heavy (non-hydrogen) atoms. The summed E-state index contributed by atoms with van der Waals surface area (Å²) in [7, 11) is 0. The van der Waals surface area contributed by atoms with E-state index in [-0.39, 0.29) is 5.91 Å². The van der Waals surface area contributed by atoms with Crippen molar-refractivity contribution in [2.75, 3.05) is 13.1 Å². The summed E-state index contributed by atoms with van der Waals surface area (Å²) in [6.07, 6.45) is 1.02. The minimum absolute atomic E-state index is 0.00838. The number of likely N-dealkylation sites (tertiary alicyclic amines) is 1. The van der Waals surface area contributed by atoms with E-state index in [0.29, 0.717) is 31.5 Å². The third-order valence-electron chi connectivity index (χ3n) is 3.74. The fraction of sp³-hybridized carbons (Fsp3) is 0.429. The van der Waals surface area contributed by atoms with Crippen LogP contribution in [0, 0.1) is 8.99 Å². The number of carbonyl (C=O) groups is 2. The molecule has 0 aromatic heterocycles. The van der Waals surface area contributed by atoms with E-state index in [0.717, 1.165) is 3.57 Å². The Morgan fingerprint density at radius 2 is 1.95 bits per heavy atom. The van der Waals surface area contributed by atoms with Crippen molar-refractivity contribution in [3.8, 4) is 0 Å². The monoisotopic (exact) mass is 373 g/mol. The first-order valence-corrected chi connectivity index (χ1v) is 7.28. The van der Waals surface area contributed by atoms with Gasteiger partial charge < -0.3 is 10.0 Å². The molecule has 0 spiro atoms. The SMILES string of the molecule is CC1(C(=O)O)CCN(C(=O)c2cccc(I)c2)CC1. The summed E-state index contributed by atoms with van der Waals surface area (Å²) >= 11 is 2.18. The Labute approximate surface area is 125 Å². The molecular formula is C14H16INO3. The number of nitrogens with zero attached hydrogens (tertiary/aromatic N) is 1. The molecule has 2 rings (SSSR count). The van der Waals surface area contributed by atoms with Crippen molar-refractivity contribution in [2.24, 2.45) is 5.41 Å². The summed E-state index contributed by atoms with van der Waals surface area (Å²) in [5.41, 5.74) is -0.0205. The predicted molar refractivity (Wildman–Crippen MR) is 80.0 cm³/mol. The molecule has 1 heterocycles. The van der Waals surface area contributed by atoms with E-state index in [1.165, 1.54) is 0 Å². The standard InChI is InChI=1S/C14H16INO3/c1-14(13(18)19)5-7-16(8-6-14)12(17)10-3-2-4-11(15)9-10/h2-4,9H,5-8H2,1H3,(H,18,19). The predicted octanol–water partition coefficient (Wildman–Crippen LogP) is 2.62. The zero-order valence-corrected chi connectivity index (χ0v) is 12.9. The number of rotatable bonds is 2. The lowest BCUT2D eigenvalue weighted by Gasteiger charge is -2.36. The van der Waals surface area contributed by atoms with E-state index in [4.69, 9.17) is 0 Å². The van der Waals surface area contributed by atoms with Gasteiger partial charge in [0.15, 0.2) is 0 Å². The summed E-state index contributed by atoms with van der Waals surface area (Å²) < 4.78 is 1.02. The smallest absolute Gasteiger partial charge is 0.309 e. The Balaban J connectivity index is 2.06. The van der Waals surface area contributed by atoms with Crippen LogP contribution in [0.1, 0.15) is 30.1 Å². The minimum Gasteiger partial charge on any atom is -0.481 e. The topological polar surface area (TPSA) is 57.6 Å². The number of amides is 1. The fourth-order valence-electron chi connectivity index (χ4n) is 2.22. The summed E-state index contributed by atoms with van der Waals surface area (Å²) in [4.78, 5) is 25.2. The number of hydrogen-bond donors (Lipinski definition) is 1. The van der Waals surface area contributed by atoms with E-state index in [1.807, 2.05) is 18.2 Å². The number of hydrogen-bond acceptors (Lipinski definition) is 2. The Bertz CT molecular complexity index is 507. The van der Waals surface area contributed by atoms with Gasteiger partial charge in [0.05, 0.1) is 5.41 Å². The maximum absolute atomic E-state index is 12.3. The quantitative estimate of drug-likeness (QED) is 0.811. The van der Waals surface area contributed by atoms with Crippen LogP contribution in [0.2, 0.25) is 0 Å². The largest absolute Gasteiger partial charge is 0.481 e. The molecule has 1 aromatic carbocycles. The van der Waals surface area contributed by atoms with Crippen LogP contribution in [0.25, 0.3) is 0 Å². The highest BCUT2D eigenvalue weighted by molar-refractivity contribution is 14.1. The molecule has 1 aliphatic heterocycles. The van der Waals surface area contributed by atoms with Gasteiger partial charge in [0.1, 0.15) is 0 Å². The van der Waals surface area contributed by atoms with E-state index < -0.39 is 11.4 Å². The molecule has 1 aromatic rings. The van der Waals surface area contributed by atoms with Gasteiger partial charge in [0.25, 0.3) is 5.91 Å². The number of carboxylic acids is 1. The maximum atomic E-state index is 12.3. The number of aliphatic carboxylic acids is 1. The van der Waals surface area contributed by atoms with Crippen molar-refractivity contribution in [3.63, 3.8) is 0 Å². The summed E-state index contributed by atoms with van der Waals surface area (Å²) in [5, 5.41) is 9.17. The van der Waals surface area contributed by atoms with Crippen LogP contribution in [0.5, 0.6) is 0 Å². The number of piperidine rings is 1. The second-order valence-corrected chi connectivity index (χ2v) is 6.41. The Morgan fingerprint density at radius 3 is 2.47 bits per heavy atom. The number of halogens is 1. The molecule has 1 fully saturated rings. The third-order valence-corrected chi connectivity index (χ3v) is 4.41. The lowest BCUT2D eigenvalue weighted by atomic mass is 9.80. The first-order valence-electron chi connectivity index (χ1n) is 6.21. The molecule has 1 N–H and O–H groups in total. The van der Waals surface area contributed by atoms with Gasteiger partial charge in [-0.1, -0.05) is 6.07 Å². The molecule has 5 heteroatoms. The van der Waals surface area contributed by atoms with Crippen molar-refractivity contribution in [2.45, 2.75) is 19.8 Å². The van der Waals surface area contributed by atoms with E-state index >= 15 is 0 Å². The third kappa shape index (κ3) is 3.08. The average molecular weight is 373 g/mol. The second kappa shape index (κ2) is 5.48. The van der Waals surface area contributed by atoms with E-state index in [1.54, 1.807) is 17.9 Å². The zero-order valence-electron chi connectivity index (χ0n) is 10.7. The highest BCUT2D eigenvalue weighted by atomic mass is 127. The van der Waals surface area contributed by atoms with Gasteiger partial charge in [-0.2, -0.15) is 0 Å². The van der Waals surface area contributed by atoms with Crippen LogP contribution in [0.3, 0.4) is 0 Å². The Morgan fingerprint density at radius 1 is 1.32 bits per heavy atom. The van der Waals surface area contributed by atoms with Crippen LogP contribution in [0.4, 0.5) is 0 Å². The molecule has 1 aliphatic rings. The van der Waals surface area contributed by atoms with Gasteiger partial charge in [-0.3, -0.25) is 9.59 Å². The van der Waals surface area contributed by atoms with Crippen molar-refractivity contribution in [3.05, 3.63) is 33.4 Å². The second-order valence-electron chi connectivity index (χ2n) is 5.17. The first kappa shape index (κ1) is 14.3. The maximum Gasteiger partial charge on any atom is 0.309 e. The van der Waals surface area contributed by atoms with E-state index in [2.05, 4.69) is 22.6 Å². The molecular weight excluding hydrogens is 357 g/mol. The van der Waals surface area contributed by atoms with Crippen molar-refractivity contribution in [1.82, 2.24) is 4.90 Å².